The zero-order valence-electron chi connectivity index (χ0n) is 9.60. The minimum atomic E-state index is 0.380. The molecule has 1 nitrogen and oxygen atoms in total. The van der Waals surface area contributed by atoms with Gasteiger partial charge in [-0.15, -0.1) is 12.3 Å². The summed E-state index contributed by atoms with van der Waals surface area (Å²) in [6.07, 6.45) is 16.1. The lowest BCUT2D eigenvalue weighted by atomic mass is 10.0. The molecule has 0 aromatic rings. The molecule has 82 valence electrons. The molecular weight excluding hydrogens is 170 g/mol. The molecule has 0 aliphatic rings. The van der Waals surface area contributed by atoms with Gasteiger partial charge in [-0.3, -0.25) is 0 Å². The molecule has 0 spiro atoms. The van der Waals surface area contributed by atoms with Gasteiger partial charge in [-0.05, 0) is 19.3 Å². The lowest BCUT2D eigenvalue weighted by Gasteiger charge is -2.09. The van der Waals surface area contributed by atoms with E-state index in [1.807, 2.05) is 0 Å². The van der Waals surface area contributed by atoms with E-state index in [0.717, 1.165) is 19.3 Å². The first-order chi connectivity index (χ1) is 6.81. The van der Waals surface area contributed by atoms with Crippen LogP contribution in [0.1, 0.15) is 64.7 Å². The zero-order chi connectivity index (χ0) is 10.6. The molecule has 0 aliphatic carbocycles. The number of hydrogen-bond donors (Lipinski definition) is 1. The quantitative estimate of drug-likeness (QED) is 0.442. The maximum Gasteiger partial charge on any atom is 0.00866 e. The van der Waals surface area contributed by atoms with Crippen molar-refractivity contribution in [2.45, 2.75) is 70.8 Å². The molecule has 0 heterocycles. The van der Waals surface area contributed by atoms with Gasteiger partial charge in [0.1, 0.15) is 0 Å². The van der Waals surface area contributed by atoms with Crippen LogP contribution in [0.15, 0.2) is 0 Å². The van der Waals surface area contributed by atoms with Crippen molar-refractivity contribution in [1.82, 2.24) is 0 Å². The van der Waals surface area contributed by atoms with Crippen LogP contribution in [0.3, 0.4) is 0 Å². The molecule has 1 heteroatoms. The fourth-order valence-corrected chi connectivity index (χ4v) is 1.62. The third-order valence-corrected chi connectivity index (χ3v) is 2.57. The third-order valence-electron chi connectivity index (χ3n) is 2.57. The Labute approximate surface area is 89.5 Å². The van der Waals surface area contributed by atoms with E-state index in [1.165, 1.54) is 38.5 Å². The fraction of sp³-hybridized carbons (Fsp3) is 0.846. The van der Waals surface area contributed by atoms with Crippen LogP contribution in [-0.2, 0) is 0 Å². The Bertz CT molecular complexity index is 146. The van der Waals surface area contributed by atoms with Crippen LogP contribution < -0.4 is 5.73 Å². The van der Waals surface area contributed by atoms with E-state index in [9.17, 15) is 0 Å². The lowest BCUT2D eigenvalue weighted by molar-refractivity contribution is 0.506. The number of nitrogens with two attached hydrogens (primary N) is 1. The standard InChI is InChI=1S/C13H25N/c1-3-5-7-8-10-12-13(14)11-9-6-4-2/h2,13H,3,5-12,14H2,1H3. The van der Waals surface area contributed by atoms with E-state index in [4.69, 9.17) is 12.2 Å². The second-order valence-corrected chi connectivity index (χ2v) is 4.06. The molecule has 0 aromatic heterocycles. The highest BCUT2D eigenvalue weighted by Crippen LogP contribution is 2.09. The van der Waals surface area contributed by atoms with Crippen molar-refractivity contribution in [2.75, 3.05) is 0 Å². The molecular formula is C13H25N. The summed E-state index contributed by atoms with van der Waals surface area (Å²) < 4.78 is 0. The molecule has 0 radical (unpaired) electrons. The summed E-state index contributed by atoms with van der Waals surface area (Å²) >= 11 is 0. The minimum absolute atomic E-state index is 0.380. The van der Waals surface area contributed by atoms with Crippen molar-refractivity contribution in [3.63, 3.8) is 0 Å². The number of rotatable bonds is 9. The van der Waals surface area contributed by atoms with E-state index in [0.29, 0.717) is 6.04 Å². The molecule has 0 aliphatic heterocycles. The van der Waals surface area contributed by atoms with E-state index in [2.05, 4.69) is 12.8 Å². The predicted molar refractivity (Wildman–Crippen MR) is 64.0 cm³/mol. The van der Waals surface area contributed by atoms with Crippen molar-refractivity contribution < 1.29 is 0 Å². The van der Waals surface area contributed by atoms with Gasteiger partial charge >= 0.3 is 0 Å². The summed E-state index contributed by atoms with van der Waals surface area (Å²) in [4.78, 5) is 0. The molecule has 0 rings (SSSR count). The van der Waals surface area contributed by atoms with Gasteiger partial charge in [0, 0.05) is 12.5 Å². The number of terminal acetylenes is 1. The highest BCUT2D eigenvalue weighted by atomic mass is 14.6. The van der Waals surface area contributed by atoms with Crippen LogP contribution >= 0.6 is 0 Å². The Morgan fingerprint density at radius 3 is 2.36 bits per heavy atom. The number of hydrogen-bond acceptors (Lipinski definition) is 1. The summed E-state index contributed by atoms with van der Waals surface area (Å²) in [5.41, 5.74) is 5.96. The van der Waals surface area contributed by atoms with E-state index in [1.54, 1.807) is 0 Å². The van der Waals surface area contributed by atoms with Crippen LogP contribution in [0, 0.1) is 12.3 Å². The Morgan fingerprint density at radius 1 is 1.07 bits per heavy atom. The van der Waals surface area contributed by atoms with Gasteiger partial charge in [0.25, 0.3) is 0 Å². The topological polar surface area (TPSA) is 26.0 Å². The van der Waals surface area contributed by atoms with Crippen molar-refractivity contribution in [3.05, 3.63) is 0 Å². The molecule has 1 atom stereocenters. The third kappa shape index (κ3) is 9.61. The first kappa shape index (κ1) is 13.5. The molecule has 0 bridgehead atoms. The average molecular weight is 195 g/mol. The molecule has 0 saturated carbocycles. The van der Waals surface area contributed by atoms with E-state index < -0.39 is 0 Å². The Hall–Kier alpha value is -0.480. The molecule has 0 fully saturated rings. The molecule has 14 heavy (non-hydrogen) atoms. The highest BCUT2D eigenvalue weighted by Gasteiger charge is 2.01. The first-order valence-corrected chi connectivity index (χ1v) is 6.00. The SMILES string of the molecule is C#CCCCC(N)CCCCCCC. The summed E-state index contributed by atoms with van der Waals surface area (Å²) in [6, 6.07) is 0.380. The van der Waals surface area contributed by atoms with Gasteiger partial charge in [-0.25, -0.2) is 0 Å². The van der Waals surface area contributed by atoms with Gasteiger partial charge in [0.05, 0.1) is 0 Å². The zero-order valence-corrected chi connectivity index (χ0v) is 9.60. The second kappa shape index (κ2) is 10.6. The molecule has 0 saturated heterocycles. The summed E-state index contributed by atoms with van der Waals surface area (Å²) in [5.74, 6) is 2.65. The Kier molecular flexibility index (Phi) is 10.2. The monoisotopic (exact) mass is 195 g/mol. The Morgan fingerprint density at radius 2 is 1.71 bits per heavy atom. The number of unbranched alkanes of at least 4 members (excludes halogenated alkanes) is 5. The van der Waals surface area contributed by atoms with E-state index in [-0.39, 0.29) is 0 Å². The van der Waals surface area contributed by atoms with Crippen molar-refractivity contribution in [3.8, 4) is 12.3 Å². The fourth-order valence-electron chi connectivity index (χ4n) is 1.62. The smallest absolute Gasteiger partial charge is 0.00866 e. The highest BCUT2D eigenvalue weighted by molar-refractivity contribution is 4.83. The van der Waals surface area contributed by atoms with Crippen molar-refractivity contribution >= 4 is 0 Å². The maximum atomic E-state index is 5.96. The van der Waals surface area contributed by atoms with Crippen molar-refractivity contribution in [1.29, 1.82) is 0 Å². The van der Waals surface area contributed by atoms with Gasteiger partial charge in [0.15, 0.2) is 0 Å². The molecule has 0 amide bonds. The normalized spacial score (nSPS) is 12.4. The van der Waals surface area contributed by atoms with Gasteiger partial charge in [-0.2, -0.15) is 0 Å². The molecule has 2 N–H and O–H groups in total. The van der Waals surface area contributed by atoms with Gasteiger partial charge < -0.3 is 5.73 Å². The predicted octanol–water partition coefficient (Wildman–Crippen LogP) is 3.48. The van der Waals surface area contributed by atoms with E-state index >= 15 is 0 Å². The van der Waals surface area contributed by atoms with Gasteiger partial charge in [0.2, 0.25) is 0 Å². The van der Waals surface area contributed by atoms with Crippen LogP contribution in [0.2, 0.25) is 0 Å². The van der Waals surface area contributed by atoms with Crippen LogP contribution in [-0.4, -0.2) is 6.04 Å². The summed E-state index contributed by atoms with van der Waals surface area (Å²) in [7, 11) is 0. The van der Waals surface area contributed by atoms with Crippen LogP contribution in [0.25, 0.3) is 0 Å². The van der Waals surface area contributed by atoms with Gasteiger partial charge in [-0.1, -0.05) is 39.0 Å². The summed E-state index contributed by atoms with van der Waals surface area (Å²) in [6.45, 7) is 2.24. The molecule has 0 aromatic carbocycles. The van der Waals surface area contributed by atoms with Crippen LogP contribution in [0.5, 0.6) is 0 Å². The largest absolute Gasteiger partial charge is 0.328 e. The maximum absolute atomic E-state index is 5.96. The average Bonchev–Trinajstić information content (AvgIpc) is 2.18. The van der Waals surface area contributed by atoms with Crippen molar-refractivity contribution in [2.24, 2.45) is 5.73 Å². The first-order valence-electron chi connectivity index (χ1n) is 6.00. The minimum Gasteiger partial charge on any atom is -0.328 e. The van der Waals surface area contributed by atoms with Crippen LogP contribution in [0.4, 0.5) is 0 Å². The lowest BCUT2D eigenvalue weighted by Crippen LogP contribution is -2.19. The second-order valence-electron chi connectivity index (χ2n) is 4.06. The summed E-state index contributed by atoms with van der Waals surface area (Å²) in [5, 5.41) is 0. The molecule has 1 unspecified atom stereocenters. The Balaban J connectivity index is 3.10.